The number of carbonyl (C=O) groups is 1. The number of anilines is 1. The van der Waals surface area contributed by atoms with E-state index in [-0.39, 0.29) is 18.1 Å². The molecule has 11 heteroatoms. The van der Waals surface area contributed by atoms with Crippen molar-refractivity contribution in [1.82, 2.24) is 34.7 Å². The molecular formula is C23H21FN8OS. The molecule has 0 fully saturated rings. The first kappa shape index (κ1) is 21.8. The van der Waals surface area contributed by atoms with Gasteiger partial charge >= 0.3 is 0 Å². The lowest BCUT2D eigenvalue weighted by Crippen LogP contribution is -2.14. The number of aryl methyl sites for hydroxylation is 4. The van der Waals surface area contributed by atoms with Crippen molar-refractivity contribution in [2.45, 2.75) is 33.4 Å². The van der Waals surface area contributed by atoms with E-state index in [0.29, 0.717) is 34.7 Å². The highest BCUT2D eigenvalue weighted by atomic mass is 32.1. The standard InChI is InChI=1S/C23H21FN8OS/c1-14-12-15(2)31(29-14)11-9-19-27-28-23(34-19)26-22(33)20-17-7-5-10-25-21(17)32(30-20)13-16-6-3-4-8-18(16)24/h3-8,10,12H,9,11,13H2,1-2H3,(H,26,28,33). The molecule has 0 aliphatic carbocycles. The Morgan fingerprint density at radius 2 is 1.94 bits per heavy atom. The third kappa shape index (κ3) is 4.42. The third-order valence-corrected chi connectivity index (χ3v) is 6.23. The second-order valence-electron chi connectivity index (χ2n) is 7.83. The molecule has 4 aromatic heterocycles. The molecule has 0 aliphatic rings. The zero-order valence-corrected chi connectivity index (χ0v) is 19.4. The summed E-state index contributed by atoms with van der Waals surface area (Å²) >= 11 is 1.31. The van der Waals surface area contributed by atoms with Gasteiger partial charge in [0.1, 0.15) is 10.8 Å². The van der Waals surface area contributed by atoms with Gasteiger partial charge in [-0.25, -0.2) is 14.1 Å². The Hall–Kier alpha value is -3.99. The van der Waals surface area contributed by atoms with Crippen LogP contribution >= 0.6 is 11.3 Å². The molecule has 9 nitrogen and oxygen atoms in total. The average Bonchev–Trinajstić information content (AvgIpc) is 3.51. The van der Waals surface area contributed by atoms with Gasteiger partial charge in [-0.15, -0.1) is 10.2 Å². The quantitative estimate of drug-likeness (QED) is 0.383. The van der Waals surface area contributed by atoms with Gasteiger partial charge in [-0.05, 0) is 38.1 Å². The summed E-state index contributed by atoms with van der Waals surface area (Å²) in [5, 5.41) is 21.7. The van der Waals surface area contributed by atoms with Gasteiger partial charge in [-0.2, -0.15) is 10.2 Å². The lowest BCUT2D eigenvalue weighted by Gasteiger charge is -2.04. The van der Waals surface area contributed by atoms with Gasteiger partial charge in [-0.3, -0.25) is 14.8 Å². The number of aromatic nitrogens is 7. The van der Waals surface area contributed by atoms with Crippen LogP contribution in [0, 0.1) is 19.7 Å². The number of nitrogens with zero attached hydrogens (tertiary/aromatic N) is 7. The van der Waals surface area contributed by atoms with E-state index in [9.17, 15) is 9.18 Å². The number of hydrogen-bond donors (Lipinski definition) is 1. The van der Waals surface area contributed by atoms with Crippen molar-refractivity contribution >= 4 is 33.4 Å². The SMILES string of the molecule is Cc1cc(C)n(CCc2nnc(NC(=O)c3nn(Cc4ccccc4F)c4ncccc34)s2)n1. The molecule has 0 unspecified atom stereocenters. The molecule has 0 atom stereocenters. The van der Waals surface area contributed by atoms with E-state index in [1.165, 1.54) is 22.1 Å². The molecule has 172 valence electrons. The van der Waals surface area contributed by atoms with Crippen molar-refractivity contribution in [2.75, 3.05) is 5.32 Å². The predicted octanol–water partition coefficient (Wildman–Crippen LogP) is 3.78. The molecule has 0 saturated heterocycles. The van der Waals surface area contributed by atoms with Crippen LogP contribution in [0.3, 0.4) is 0 Å². The maximum atomic E-state index is 14.2. The number of hydrogen-bond acceptors (Lipinski definition) is 7. The Morgan fingerprint density at radius 3 is 2.74 bits per heavy atom. The summed E-state index contributed by atoms with van der Waals surface area (Å²) < 4.78 is 17.6. The van der Waals surface area contributed by atoms with Crippen molar-refractivity contribution in [3.63, 3.8) is 0 Å². The summed E-state index contributed by atoms with van der Waals surface area (Å²) in [7, 11) is 0. The fourth-order valence-corrected chi connectivity index (χ4v) is 4.46. The first-order chi connectivity index (χ1) is 16.5. The number of benzene rings is 1. The van der Waals surface area contributed by atoms with Crippen LogP contribution in [0.5, 0.6) is 0 Å². The summed E-state index contributed by atoms with van der Waals surface area (Å²) in [4.78, 5) is 17.4. The number of rotatable bonds is 7. The van der Waals surface area contributed by atoms with Crippen molar-refractivity contribution in [2.24, 2.45) is 0 Å². The third-order valence-electron chi connectivity index (χ3n) is 5.33. The van der Waals surface area contributed by atoms with Crippen LogP contribution < -0.4 is 5.32 Å². The zero-order valence-electron chi connectivity index (χ0n) is 18.6. The molecule has 5 aromatic rings. The van der Waals surface area contributed by atoms with Gasteiger partial charge < -0.3 is 0 Å². The summed E-state index contributed by atoms with van der Waals surface area (Å²) in [6, 6.07) is 12.0. The number of nitrogens with one attached hydrogen (secondary N) is 1. The lowest BCUT2D eigenvalue weighted by molar-refractivity contribution is 0.102. The highest BCUT2D eigenvalue weighted by molar-refractivity contribution is 7.15. The van der Waals surface area contributed by atoms with Crippen LogP contribution in [0.2, 0.25) is 0 Å². The van der Waals surface area contributed by atoms with E-state index >= 15 is 0 Å². The van der Waals surface area contributed by atoms with Crippen molar-refractivity contribution in [1.29, 1.82) is 0 Å². The van der Waals surface area contributed by atoms with Crippen LogP contribution in [0.25, 0.3) is 11.0 Å². The van der Waals surface area contributed by atoms with Crippen LogP contribution in [-0.2, 0) is 19.5 Å². The van der Waals surface area contributed by atoms with Gasteiger partial charge in [0.15, 0.2) is 11.3 Å². The van der Waals surface area contributed by atoms with E-state index in [1.807, 2.05) is 24.6 Å². The molecule has 0 saturated carbocycles. The summed E-state index contributed by atoms with van der Waals surface area (Å²) in [6.45, 7) is 4.80. The van der Waals surface area contributed by atoms with E-state index in [4.69, 9.17) is 0 Å². The van der Waals surface area contributed by atoms with Gasteiger partial charge in [0, 0.05) is 30.4 Å². The van der Waals surface area contributed by atoms with Crippen LogP contribution in [0.1, 0.15) is 32.4 Å². The fourth-order valence-electron chi connectivity index (χ4n) is 3.74. The summed E-state index contributed by atoms with van der Waals surface area (Å²) in [5.74, 6) is -0.763. The number of carbonyl (C=O) groups excluding carboxylic acids is 1. The zero-order chi connectivity index (χ0) is 23.7. The summed E-state index contributed by atoms with van der Waals surface area (Å²) in [6.07, 6.45) is 2.27. The second kappa shape index (κ2) is 9.10. The number of pyridine rings is 1. The molecule has 0 radical (unpaired) electrons. The number of halogens is 1. The maximum absolute atomic E-state index is 14.2. The van der Waals surface area contributed by atoms with Crippen molar-refractivity contribution in [3.8, 4) is 0 Å². The molecule has 4 heterocycles. The van der Waals surface area contributed by atoms with E-state index in [1.54, 1.807) is 36.5 Å². The fraction of sp³-hybridized carbons (Fsp3) is 0.217. The predicted molar refractivity (Wildman–Crippen MR) is 126 cm³/mol. The minimum atomic E-state index is -0.425. The lowest BCUT2D eigenvalue weighted by atomic mass is 10.2. The van der Waals surface area contributed by atoms with Gasteiger partial charge in [0.25, 0.3) is 5.91 Å². The Bertz CT molecular complexity index is 1490. The average molecular weight is 477 g/mol. The Morgan fingerprint density at radius 1 is 1.09 bits per heavy atom. The Labute approximate surface area is 198 Å². The molecule has 0 bridgehead atoms. The van der Waals surface area contributed by atoms with Gasteiger partial charge in [0.05, 0.1) is 17.6 Å². The Kier molecular flexibility index (Phi) is 5.84. The highest BCUT2D eigenvalue weighted by Crippen LogP contribution is 2.22. The topological polar surface area (TPSA) is 103 Å². The first-order valence-electron chi connectivity index (χ1n) is 10.7. The molecule has 1 aromatic carbocycles. The monoisotopic (exact) mass is 476 g/mol. The normalized spacial score (nSPS) is 11.3. The highest BCUT2D eigenvalue weighted by Gasteiger charge is 2.20. The number of amides is 1. The maximum Gasteiger partial charge on any atom is 0.278 e. The summed E-state index contributed by atoms with van der Waals surface area (Å²) in [5.41, 5.74) is 3.21. The van der Waals surface area contributed by atoms with Gasteiger partial charge in [0.2, 0.25) is 5.13 Å². The van der Waals surface area contributed by atoms with E-state index in [0.717, 1.165) is 16.4 Å². The van der Waals surface area contributed by atoms with Crippen molar-refractivity contribution < 1.29 is 9.18 Å². The Balaban J connectivity index is 1.33. The smallest absolute Gasteiger partial charge is 0.278 e. The van der Waals surface area contributed by atoms with Crippen molar-refractivity contribution in [3.05, 3.63) is 82.1 Å². The van der Waals surface area contributed by atoms with Gasteiger partial charge in [-0.1, -0.05) is 29.5 Å². The largest absolute Gasteiger partial charge is 0.295 e. The number of fused-ring (bicyclic) bond motifs is 1. The molecule has 1 amide bonds. The molecule has 0 spiro atoms. The minimum Gasteiger partial charge on any atom is -0.295 e. The first-order valence-corrected chi connectivity index (χ1v) is 11.5. The van der Waals surface area contributed by atoms with Crippen LogP contribution in [0.4, 0.5) is 9.52 Å². The van der Waals surface area contributed by atoms with Crippen LogP contribution in [-0.4, -0.2) is 40.6 Å². The molecule has 5 rings (SSSR count). The second-order valence-corrected chi connectivity index (χ2v) is 8.89. The van der Waals surface area contributed by atoms with E-state index in [2.05, 4.69) is 30.7 Å². The van der Waals surface area contributed by atoms with E-state index < -0.39 is 5.91 Å². The molecule has 1 N–H and O–H groups in total. The molecule has 34 heavy (non-hydrogen) atoms. The minimum absolute atomic E-state index is 0.155. The molecule has 0 aliphatic heterocycles. The molecular weight excluding hydrogens is 455 g/mol. The van der Waals surface area contributed by atoms with Crippen LogP contribution in [0.15, 0.2) is 48.7 Å².